The van der Waals surface area contributed by atoms with E-state index in [1.54, 1.807) is 6.26 Å². The molecule has 2 aromatic rings. The molecule has 0 saturated heterocycles. The molecule has 0 saturated carbocycles. The number of amides is 1. The predicted molar refractivity (Wildman–Crippen MR) is 82.6 cm³/mol. The number of carbonyl (C=O) groups excluding carboxylic acids is 1. The summed E-state index contributed by atoms with van der Waals surface area (Å²) in [6.45, 7) is 3.00. The quantitative estimate of drug-likeness (QED) is 0.907. The molecule has 1 aliphatic heterocycles. The van der Waals surface area contributed by atoms with Gasteiger partial charge in [-0.15, -0.1) is 0 Å². The van der Waals surface area contributed by atoms with Crippen LogP contribution in [0.4, 0.5) is 5.69 Å². The van der Waals surface area contributed by atoms with Gasteiger partial charge in [-0.2, -0.15) is 0 Å². The van der Waals surface area contributed by atoms with Gasteiger partial charge in [-0.1, -0.05) is 0 Å². The molecule has 1 aliphatic rings. The number of hydrogen-bond donors (Lipinski definition) is 2. The maximum atomic E-state index is 12.3. The molecular formula is C17H20N2O2. The van der Waals surface area contributed by atoms with Crippen LogP contribution in [0.15, 0.2) is 41.0 Å². The molecule has 3 rings (SSSR count). The Bertz CT molecular complexity index is 620. The first kappa shape index (κ1) is 13.7. The van der Waals surface area contributed by atoms with Crippen LogP contribution in [0.1, 0.15) is 35.0 Å². The molecule has 0 bridgehead atoms. The summed E-state index contributed by atoms with van der Waals surface area (Å²) in [4.78, 5) is 12.3. The van der Waals surface area contributed by atoms with Gasteiger partial charge < -0.3 is 15.1 Å². The van der Waals surface area contributed by atoms with E-state index >= 15 is 0 Å². The van der Waals surface area contributed by atoms with Gasteiger partial charge in [0.15, 0.2) is 0 Å². The number of carbonyl (C=O) groups is 1. The Balaban J connectivity index is 1.64. The molecule has 21 heavy (non-hydrogen) atoms. The minimum Gasteiger partial charge on any atom is -0.469 e. The fourth-order valence-corrected chi connectivity index (χ4v) is 2.70. The summed E-state index contributed by atoms with van der Waals surface area (Å²) in [5.74, 6) is 0.861. The van der Waals surface area contributed by atoms with E-state index in [9.17, 15) is 4.79 Å². The molecule has 0 fully saturated rings. The van der Waals surface area contributed by atoms with Crippen LogP contribution < -0.4 is 10.6 Å². The lowest BCUT2D eigenvalue weighted by molar-refractivity contribution is 0.0939. The summed E-state index contributed by atoms with van der Waals surface area (Å²) in [7, 11) is 0. The normalized spacial score (nSPS) is 14.9. The lowest BCUT2D eigenvalue weighted by Crippen LogP contribution is -2.34. The average Bonchev–Trinajstić information content (AvgIpc) is 2.99. The van der Waals surface area contributed by atoms with Gasteiger partial charge in [0.2, 0.25) is 0 Å². The molecular weight excluding hydrogens is 264 g/mol. The molecule has 110 valence electrons. The van der Waals surface area contributed by atoms with Gasteiger partial charge in [-0.05, 0) is 55.7 Å². The second-order valence-electron chi connectivity index (χ2n) is 5.56. The number of benzene rings is 1. The summed E-state index contributed by atoms with van der Waals surface area (Å²) in [5.41, 5.74) is 3.11. The fourth-order valence-electron chi connectivity index (χ4n) is 2.70. The molecule has 2 heterocycles. The molecule has 4 heteroatoms. The highest BCUT2D eigenvalue weighted by atomic mass is 16.3. The monoisotopic (exact) mass is 284 g/mol. The van der Waals surface area contributed by atoms with Crippen LogP contribution in [0.2, 0.25) is 0 Å². The Morgan fingerprint density at radius 1 is 1.43 bits per heavy atom. The first-order valence-corrected chi connectivity index (χ1v) is 7.42. The SMILES string of the molecule is CC(Cc1ccco1)NC(=O)c1ccc2c(c1)CCCN2. The van der Waals surface area contributed by atoms with Crippen LogP contribution in [-0.4, -0.2) is 18.5 Å². The van der Waals surface area contributed by atoms with E-state index in [1.807, 2.05) is 37.3 Å². The van der Waals surface area contributed by atoms with E-state index in [4.69, 9.17) is 4.42 Å². The van der Waals surface area contributed by atoms with Gasteiger partial charge in [0.25, 0.3) is 5.91 Å². The van der Waals surface area contributed by atoms with Crippen molar-refractivity contribution in [1.82, 2.24) is 5.32 Å². The van der Waals surface area contributed by atoms with Gasteiger partial charge in [0.05, 0.1) is 6.26 Å². The Kier molecular flexibility index (Phi) is 3.95. The molecule has 1 amide bonds. The summed E-state index contributed by atoms with van der Waals surface area (Å²) >= 11 is 0. The first-order valence-electron chi connectivity index (χ1n) is 7.42. The van der Waals surface area contributed by atoms with Crippen molar-refractivity contribution in [3.05, 3.63) is 53.5 Å². The Morgan fingerprint density at radius 2 is 2.33 bits per heavy atom. The lowest BCUT2D eigenvalue weighted by Gasteiger charge is -2.19. The zero-order valence-corrected chi connectivity index (χ0v) is 12.2. The van der Waals surface area contributed by atoms with Crippen LogP contribution in [0.25, 0.3) is 0 Å². The summed E-state index contributed by atoms with van der Waals surface area (Å²) < 4.78 is 5.31. The molecule has 0 spiro atoms. The van der Waals surface area contributed by atoms with E-state index in [2.05, 4.69) is 10.6 Å². The molecule has 1 atom stereocenters. The number of rotatable bonds is 4. The van der Waals surface area contributed by atoms with Gasteiger partial charge in [-0.3, -0.25) is 4.79 Å². The van der Waals surface area contributed by atoms with E-state index in [-0.39, 0.29) is 11.9 Å². The maximum Gasteiger partial charge on any atom is 0.251 e. The zero-order chi connectivity index (χ0) is 14.7. The number of fused-ring (bicyclic) bond motifs is 1. The molecule has 1 aromatic heterocycles. The van der Waals surface area contributed by atoms with Crippen molar-refractivity contribution in [1.29, 1.82) is 0 Å². The van der Waals surface area contributed by atoms with Gasteiger partial charge in [-0.25, -0.2) is 0 Å². The Morgan fingerprint density at radius 3 is 3.14 bits per heavy atom. The molecule has 0 radical (unpaired) electrons. The molecule has 1 unspecified atom stereocenters. The van der Waals surface area contributed by atoms with Crippen molar-refractivity contribution in [2.45, 2.75) is 32.2 Å². The highest BCUT2D eigenvalue weighted by molar-refractivity contribution is 5.95. The van der Waals surface area contributed by atoms with Crippen LogP contribution in [0, 0.1) is 0 Å². The fraction of sp³-hybridized carbons (Fsp3) is 0.353. The largest absolute Gasteiger partial charge is 0.469 e. The standard InChI is InChI=1S/C17H20N2O2/c1-12(10-15-5-3-9-21-15)19-17(20)14-6-7-16-13(11-14)4-2-8-18-16/h3,5-7,9,11-12,18H,2,4,8,10H2,1H3,(H,19,20). The minimum atomic E-state index is -0.0255. The third kappa shape index (κ3) is 3.27. The second-order valence-corrected chi connectivity index (χ2v) is 5.56. The molecule has 2 N–H and O–H groups in total. The average molecular weight is 284 g/mol. The number of nitrogens with one attached hydrogen (secondary N) is 2. The van der Waals surface area contributed by atoms with Gasteiger partial charge in [0, 0.05) is 30.3 Å². The van der Waals surface area contributed by atoms with E-state index in [0.29, 0.717) is 6.42 Å². The summed E-state index contributed by atoms with van der Waals surface area (Å²) in [6.07, 6.45) is 4.50. The van der Waals surface area contributed by atoms with E-state index in [0.717, 1.165) is 36.4 Å². The Labute approximate surface area is 124 Å². The maximum absolute atomic E-state index is 12.3. The van der Waals surface area contributed by atoms with E-state index < -0.39 is 0 Å². The third-order valence-corrected chi connectivity index (χ3v) is 3.77. The van der Waals surface area contributed by atoms with Crippen molar-refractivity contribution in [3.63, 3.8) is 0 Å². The van der Waals surface area contributed by atoms with Crippen LogP contribution >= 0.6 is 0 Å². The minimum absolute atomic E-state index is 0.0255. The molecule has 1 aromatic carbocycles. The number of anilines is 1. The highest BCUT2D eigenvalue weighted by Gasteiger charge is 2.14. The highest BCUT2D eigenvalue weighted by Crippen LogP contribution is 2.22. The first-order chi connectivity index (χ1) is 10.2. The van der Waals surface area contributed by atoms with Crippen LogP contribution in [-0.2, 0) is 12.8 Å². The Hall–Kier alpha value is -2.23. The van der Waals surface area contributed by atoms with Crippen molar-refractivity contribution in [2.24, 2.45) is 0 Å². The van der Waals surface area contributed by atoms with Crippen molar-refractivity contribution in [2.75, 3.05) is 11.9 Å². The van der Waals surface area contributed by atoms with Crippen LogP contribution in [0.3, 0.4) is 0 Å². The third-order valence-electron chi connectivity index (χ3n) is 3.77. The summed E-state index contributed by atoms with van der Waals surface area (Å²) in [5, 5.41) is 6.38. The summed E-state index contributed by atoms with van der Waals surface area (Å²) in [6, 6.07) is 9.70. The smallest absolute Gasteiger partial charge is 0.251 e. The van der Waals surface area contributed by atoms with Gasteiger partial charge >= 0.3 is 0 Å². The van der Waals surface area contributed by atoms with Gasteiger partial charge in [0.1, 0.15) is 5.76 Å². The van der Waals surface area contributed by atoms with Crippen molar-refractivity contribution in [3.8, 4) is 0 Å². The molecule has 0 aliphatic carbocycles. The van der Waals surface area contributed by atoms with Crippen molar-refractivity contribution < 1.29 is 9.21 Å². The topological polar surface area (TPSA) is 54.3 Å². The number of furan rings is 1. The van der Waals surface area contributed by atoms with Crippen molar-refractivity contribution >= 4 is 11.6 Å². The molecule has 4 nitrogen and oxygen atoms in total. The predicted octanol–water partition coefficient (Wildman–Crippen LogP) is 3.00. The number of aryl methyl sites for hydroxylation is 1. The van der Waals surface area contributed by atoms with E-state index in [1.165, 1.54) is 5.56 Å². The van der Waals surface area contributed by atoms with Crippen LogP contribution in [0.5, 0.6) is 0 Å². The lowest BCUT2D eigenvalue weighted by atomic mass is 10.0. The number of hydrogen-bond acceptors (Lipinski definition) is 3. The zero-order valence-electron chi connectivity index (χ0n) is 12.2. The second kappa shape index (κ2) is 6.04.